The molecule has 0 bridgehead atoms. The summed E-state index contributed by atoms with van der Waals surface area (Å²) in [5.74, 6) is -1.46. The Balaban J connectivity index is 2.67. The van der Waals surface area contributed by atoms with Gasteiger partial charge in [0.25, 0.3) is 5.24 Å². The van der Waals surface area contributed by atoms with E-state index >= 15 is 0 Å². The van der Waals surface area contributed by atoms with E-state index < -0.39 is 17.1 Å². The maximum atomic E-state index is 10.8. The molecule has 0 unspecified atom stereocenters. The van der Waals surface area contributed by atoms with Crippen molar-refractivity contribution in [3.63, 3.8) is 0 Å². The van der Waals surface area contributed by atoms with Crippen molar-refractivity contribution >= 4 is 28.8 Å². The van der Waals surface area contributed by atoms with Crippen LogP contribution >= 0.6 is 11.8 Å². The fourth-order valence-corrected chi connectivity index (χ4v) is 1.49. The summed E-state index contributed by atoms with van der Waals surface area (Å²) in [5.41, 5.74) is 4.69. The Hall–Kier alpha value is -1.04. The van der Waals surface area contributed by atoms with E-state index in [9.17, 15) is 14.4 Å². The Labute approximate surface area is 66.9 Å². The van der Waals surface area contributed by atoms with Crippen LogP contribution in [0.3, 0.4) is 0 Å². The topological polar surface area (TPSA) is 80.5 Å². The van der Waals surface area contributed by atoms with Crippen molar-refractivity contribution in [3.8, 4) is 0 Å². The van der Waals surface area contributed by atoms with Crippen LogP contribution in [0.1, 0.15) is 0 Å². The second-order valence-electron chi connectivity index (χ2n) is 1.94. The van der Waals surface area contributed by atoms with Gasteiger partial charge >= 0.3 is 11.8 Å². The van der Waals surface area contributed by atoms with E-state index in [-0.39, 0.29) is 6.54 Å². The number of amides is 3. The predicted octanol–water partition coefficient (Wildman–Crippen LogP) is -0.833. The molecule has 0 atom stereocenters. The lowest BCUT2D eigenvalue weighted by Crippen LogP contribution is -2.40. The molecule has 1 saturated heterocycles. The quantitative estimate of drug-likeness (QED) is 0.486. The summed E-state index contributed by atoms with van der Waals surface area (Å²) in [6, 6.07) is 0. The summed E-state index contributed by atoms with van der Waals surface area (Å²) in [7, 11) is 0. The fourth-order valence-electron chi connectivity index (χ4n) is 0.711. The highest BCUT2D eigenvalue weighted by Crippen LogP contribution is 2.16. The van der Waals surface area contributed by atoms with Crippen LogP contribution in [0.15, 0.2) is 0 Å². The Morgan fingerprint density at radius 3 is 2.55 bits per heavy atom. The third kappa shape index (κ3) is 1.51. The van der Waals surface area contributed by atoms with E-state index in [4.69, 9.17) is 0 Å². The molecule has 1 heterocycles. The van der Waals surface area contributed by atoms with E-state index in [0.717, 1.165) is 16.7 Å². The number of nitrogens with two attached hydrogens (primary N) is 1. The highest BCUT2D eigenvalue weighted by molar-refractivity contribution is 8.13. The number of rotatable bonds is 0. The lowest BCUT2D eigenvalue weighted by atomic mass is 10.5. The first kappa shape index (κ1) is 8.06. The summed E-state index contributed by atoms with van der Waals surface area (Å²) < 4.78 is 0. The molecule has 3 amide bonds. The minimum absolute atomic E-state index is 0.283. The van der Waals surface area contributed by atoms with Crippen LogP contribution in [0, 0.1) is 0 Å². The molecule has 5 nitrogen and oxygen atoms in total. The predicted molar refractivity (Wildman–Crippen MR) is 38.8 cm³/mol. The molecule has 0 saturated carbocycles. The summed E-state index contributed by atoms with van der Waals surface area (Å²) >= 11 is 1.01. The van der Waals surface area contributed by atoms with Gasteiger partial charge in [0, 0.05) is 12.3 Å². The zero-order valence-corrected chi connectivity index (χ0v) is 6.39. The van der Waals surface area contributed by atoms with Gasteiger partial charge in [-0.1, -0.05) is 11.8 Å². The van der Waals surface area contributed by atoms with Gasteiger partial charge in [0.1, 0.15) is 0 Å². The van der Waals surface area contributed by atoms with Crippen molar-refractivity contribution in [1.29, 1.82) is 0 Å². The first-order chi connectivity index (χ1) is 5.13. The molecule has 0 radical (unpaired) electrons. The van der Waals surface area contributed by atoms with E-state index in [1.54, 1.807) is 0 Å². The molecule has 0 aromatic rings. The molecule has 0 aliphatic carbocycles. The largest absolute Gasteiger partial charge is 0.361 e. The van der Waals surface area contributed by atoms with Crippen LogP contribution in [0.2, 0.25) is 0 Å². The van der Waals surface area contributed by atoms with Gasteiger partial charge in [-0.05, 0) is 0 Å². The molecule has 1 aliphatic heterocycles. The maximum absolute atomic E-state index is 10.8. The number of thioether (sulfide) groups is 1. The van der Waals surface area contributed by atoms with E-state index in [2.05, 4.69) is 5.73 Å². The summed E-state index contributed by atoms with van der Waals surface area (Å²) in [6.07, 6.45) is 0. The molecule has 1 rings (SSSR count). The highest BCUT2D eigenvalue weighted by atomic mass is 32.2. The van der Waals surface area contributed by atoms with Gasteiger partial charge in [-0.25, -0.2) is 0 Å². The van der Waals surface area contributed by atoms with Gasteiger partial charge in [-0.15, -0.1) is 0 Å². The fraction of sp³-hybridized carbons (Fsp3) is 0.400. The standard InChI is InChI=1S/C5H6N2O3S/c6-3(8)4(9)7-1-2-11-5(7)10/h1-2H2,(H2,6,8). The SMILES string of the molecule is NC(=O)C(=O)N1CCSC1=O. The molecular formula is C5H6N2O3S. The smallest absolute Gasteiger partial charge is 0.318 e. The van der Waals surface area contributed by atoms with Crippen molar-refractivity contribution in [1.82, 2.24) is 4.90 Å². The molecule has 0 aromatic heterocycles. The van der Waals surface area contributed by atoms with Crippen molar-refractivity contribution in [2.24, 2.45) is 5.73 Å². The average molecular weight is 174 g/mol. The Morgan fingerprint density at radius 1 is 1.55 bits per heavy atom. The zero-order chi connectivity index (χ0) is 8.43. The Bertz CT molecular complexity index is 228. The minimum Gasteiger partial charge on any atom is -0.361 e. The average Bonchev–Trinajstić information content (AvgIpc) is 2.33. The number of carbonyl (C=O) groups excluding carboxylic acids is 3. The van der Waals surface area contributed by atoms with Crippen LogP contribution < -0.4 is 5.73 Å². The lowest BCUT2D eigenvalue weighted by Gasteiger charge is -2.07. The number of nitrogens with zero attached hydrogens (tertiary/aromatic N) is 1. The van der Waals surface area contributed by atoms with E-state index in [1.807, 2.05) is 0 Å². The number of hydrogen-bond donors (Lipinski definition) is 1. The minimum atomic E-state index is -1.08. The molecule has 11 heavy (non-hydrogen) atoms. The summed E-state index contributed by atoms with van der Waals surface area (Å²) in [6.45, 7) is 0.283. The molecular weight excluding hydrogens is 168 g/mol. The number of hydrogen-bond acceptors (Lipinski definition) is 4. The van der Waals surface area contributed by atoms with Crippen molar-refractivity contribution in [2.45, 2.75) is 0 Å². The van der Waals surface area contributed by atoms with Crippen molar-refractivity contribution in [2.75, 3.05) is 12.3 Å². The van der Waals surface area contributed by atoms with E-state index in [1.165, 1.54) is 0 Å². The first-order valence-electron chi connectivity index (χ1n) is 2.91. The second-order valence-corrected chi connectivity index (χ2v) is 2.98. The third-order valence-corrected chi connectivity index (χ3v) is 2.07. The molecule has 1 fully saturated rings. The zero-order valence-electron chi connectivity index (χ0n) is 5.57. The summed E-state index contributed by atoms with van der Waals surface area (Å²) in [5, 5.41) is -0.395. The van der Waals surface area contributed by atoms with Gasteiger partial charge in [0.05, 0.1) is 0 Å². The Morgan fingerprint density at radius 2 is 2.18 bits per heavy atom. The monoisotopic (exact) mass is 174 g/mol. The lowest BCUT2D eigenvalue weighted by molar-refractivity contribution is -0.141. The van der Waals surface area contributed by atoms with Crippen molar-refractivity contribution < 1.29 is 14.4 Å². The molecule has 60 valence electrons. The third-order valence-electron chi connectivity index (χ3n) is 1.22. The second kappa shape index (κ2) is 2.91. The van der Waals surface area contributed by atoms with Gasteiger partial charge < -0.3 is 5.73 Å². The number of carbonyl (C=O) groups is 3. The number of primary amides is 1. The van der Waals surface area contributed by atoms with E-state index in [0.29, 0.717) is 5.75 Å². The molecule has 0 spiro atoms. The van der Waals surface area contributed by atoms with Gasteiger partial charge in [0.2, 0.25) is 0 Å². The van der Waals surface area contributed by atoms with Crippen molar-refractivity contribution in [3.05, 3.63) is 0 Å². The van der Waals surface area contributed by atoms with Gasteiger partial charge in [0.15, 0.2) is 0 Å². The molecule has 2 N–H and O–H groups in total. The van der Waals surface area contributed by atoms with Crippen LogP contribution in [0.25, 0.3) is 0 Å². The van der Waals surface area contributed by atoms with Crippen LogP contribution in [-0.4, -0.2) is 34.3 Å². The molecule has 1 aliphatic rings. The maximum Gasteiger partial charge on any atom is 0.318 e. The van der Waals surface area contributed by atoms with Gasteiger partial charge in [-0.3, -0.25) is 19.3 Å². The van der Waals surface area contributed by atoms with Crippen LogP contribution in [0.4, 0.5) is 4.79 Å². The normalized spacial score (nSPS) is 17.1. The summed E-state index contributed by atoms with van der Waals surface area (Å²) in [4.78, 5) is 32.7. The first-order valence-corrected chi connectivity index (χ1v) is 3.89. The highest BCUT2D eigenvalue weighted by Gasteiger charge is 2.30. The molecule has 6 heteroatoms. The van der Waals surface area contributed by atoms with Gasteiger partial charge in [-0.2, -0.15) is 0 Å². The number of imide groups is 1. The Kier molecular flexibility index (Phi) is 2.13. The van der Waals surface area contributed by atoms with Crippen LogP contribution in [0.5, 0.6) is 0 Å². The van der Waals surface area contributed by atoms with Crippen LogP contribution in [-0.2, 0) is 9.59 Å². The molecule has 0 aromatic carbocycles.